The topological polar surface area (TPSA) is 118 Å². The van der Waals surface area contributed by atoms with E-state index in [-0.39, 0.29) is 24.0 Å². The first kappa shape index (κ1) is 13.8. The molecule has 0 aromatic carbocycles. The molecule has 3 aromatic heterocycles. The Hall–Kier alpha value is -2.88. The second kappa shape index (κ2) is 5.09. The maximum atomic E-state index is 12.6. The summed E-state index contributed by atoms with van der Waals surface area (Å²) in [5.74, 6) is 0.402. The highest BCUT2D eigenvalue weighted by molar-refractivity contribution is 7.18. The van der Waals surface area contributed by atoms with Crippen molar-refractivity contribution >= 4 is 33.4 Å². The molecule has 0 saturated carbocycles. The summed E-state index contributed by atoms with van der Waals surface area (Å²) in [6, 6.07) is 1.91. The third-order valence-electron chi connectivity index (χ3n) is 3.56. The fourth-order valence-corrected chi connectivity index (χ4v) is 3.40. The number of amides is 1. The lowest BCUT2D eigenvalue weighted by Gasteiger charge is -2.17. The number of hydrogen-bond acceptors (Lipinski definition) is 7. The van der Waals surface area contributed by atoms with Crippen molar-refractivity contribution < 1.29 is 4.79 Å². The molecule has 2 N–H and O–H groups in total. The van der Waals surface area contributed by atoms with Crippen molar-refractivity contribution in [2.24, 2.45) is 0 Å². The number of aromatic amines is 1. The molecule has 1 aliphatic heterocycles. The van der Waals surface area contributed by atoms with E-state index in [2.05, 4.69) is 30.9 Å². The lowest BCUT2D eigenvalue weighted by Crippen LogP contribution is -2.31. The number of rotatable bonds is 2. The van der Waals surface area contributed by atoms with Crippen LogP contribution in [0.1, 0.15) is 10.7 Å². The first-order chi connectivity index (χ1) is 11.1. The molecular weight excluding hydrogens is 318 g/mol. The van der Waals surface area contributed by atoms with Crippen molar-refractivity contribution in [2.45, 2.75) is 19.9 Å². The molecule has 0 bridgehead atoms. The van der Waals surface area contributed by atoms with Gasteiger partial charge in [0.1, 0.15) is 10.5 Å². The Labute approximate surface area is 133 Å². The Bertz CT molecular complexity index is 999. The molecule has 9 nitrogen and oxygen atoms in total. The standard InChI is InChI=1S/C13H11N7O2S/c1-6-4-8-10(23-6)12(22)20-5-7(2-3-9(20)14-8)11(21)15-13-16-18-19-17-13/h2,4H,3,5H2,1H3,(H2,15,16,17,18,19,21). The summed E-state index contributed by atoms with van der Waals surface area (Å²) in [5.41, 5.74) is 1.08. The van der Waals surface area contributed by atoms with Gasteiger partial charge in [0.25, 0.3) is 17.4 Å². The number of aryl methyl sites for hydroxylation is 1. The summed E-state index contributed by atoms with van der Waals surface area (Å²) in [6.45, 7) is 2.12. The molecule has 0 aliphatic carbocycles. The Balaban J connectivity index is 1.67. The Morgan fingerprint density at radius 1 is 1.48 bits per heavy atom. The molecule has 116 valence electrons. The zero-order valence-corrected chi connectivity index (χ0v) is 12.8. The Morgan fingerprint density at radius 2 is 2.35 bits per heavy atom. The maximum absolute atomic E-state index is 12.6. The number of thiophene rings is 1. The van der Waals surface area contributed by atoms with Crippen LogP contribution in [0.4, 0.5) is 5.95 Å². The summed E-state index contributed by atoms with van der Waals surface area (Å²) < 4.78 is 2.16. The minimum Gasteiger partial charge on any atom is -0.290 e. The van der Waals surface area contributed by atoms with E-state index < -0.39 is 0 Å². The highest BCUT2D eigenvalue weighted by atomic mass is 32.1. The minimum absolute atomic E-state index is 0.0940. The number of carbonyl (C=O) groups excluding carboxylic acids is 1. The van der Waals surface area contributed by atoms with Gasteiger partial charge in [-0.25, -0.2) is 4.98 Å². The predicted molar refractivity (Wildman–Crippen MR) is 83.2 cm³/mol. The number of anilines is 1. The predicted octanol–water partition coefficient (Wildman–Crippen LogP) is 0.401. The highest BCUT2D eigenvalue weighted by Gasteiger charge is 2.21. The van der Waals surface area contributed by atoms with E-state index in [4.69, 9.17) is 0 Å². The zero-order valence-electron chi connectivity index (χ0n) is 12.0. The average Bonchev–Trinajstić information content (AvgIpc) is 3.16. The molecule has 0 atom stereocenters. The second-order valence-corrected chi connectivity index (χ2v) is 6.37. The van der Waals surface area contributed by atoms with Gasteiger partial charge in [0.05, 0.1) is 12.1 Å². The second-order valence-electron chi connectivity index (χ2n) is 5.11. The van der Waals surface area contributed by atoms with Crippen LogP contribution in [-0.4, -0.2) is 36.1 Å². The van der Waals surface area contributed by atoms with E-state index >= 15 is 0 Å². The van der Waals surface area contributed by atoms with Crippen molar-refractivity contribution in [1.82, 2.24) is 30.2 Å². The van der Waals surface area contributed by atoms with Crippen molar-refractivity contribution in [3.05, 3.63) is 38.8 Å². The molecule has 1 amide bonds. The van der Waals surface area contributed by atoms with Crippen LogP contribution >= 0.6 is 11.3 Å². The van der Waals surface area contributed by atoms with Gasteiger partial charge in [-0.3, -0.25) is 19.5 Å². The van der Waals surface area contributed by atoms with Gasteiger partial charge in [-0.2, -0.15) is 5.21 Å². The summed E-state index contributed by atoms with van der Waals surface area (Å²) >= 11 is 1.42. The van der Waals surface area contributed by atoms with E-state index in [1.54, 1.807) is 10.6 Å². The normalized spacial score (nSPS) is 13.7. The molecule has 4 rings (SSSR count). The molecule has 0 fully saturated rings. The summed E-state index contributed by atoms with van der Waals surface area (Å²) in [5, 5.41) is 15.5. The van der Waals surface area contributed by atoms with Crippen LogP contribution in [-0.2, 0) is 17.8 Å². The first-order valence-electron chi connectivity index (χ1n) is 6.85. The van der Waals surface area contributed by atoms with E-state index in [1.165, 1.54) is 11.3 Å². The maximum Gasteiger partial charge on any atom is 0.271 e. The monoisotopic (exact) mass is 329 g/mol. The number of aromatic nitrogens is 6. The number of hydrogen-bond donors (Lipinski definition) is 2. The first-order valence-corrected chi connectivity index (χ1v) is 7.67. The molecule has 0 saturated heterocycles. The summed E-state index contributed by atoms with van der Waals surface area (Å²) in [7, 11) is 0. The Kier molecular flexibility index (Phi) is 3.05. The Morgan fingerprint density at radius 3 is 3.13 bits per heavy atom. The number of nitrogens with zero attached hydrogens (tertiary/aromatic N) is 5. The fraction of sp³-hybridized carbons (Fsp3) is 0.231. The lowest BCUT2D eigenvalue weighted by atomic mass is 10.1. The van der Waals surface area contributed by atoms with Gasteiger partial charge in [-0.05, 0) is 18.2 Å². The van der Waals surface area contributed by atoms with E-state index in [9.17, 15) is 9.59 Å². The molecule has 1 aliphatic rings. The number of nitrogens with one attached hydrogen (secondary N) is 2. The van der Waals surface area contributed by atoms with E-state index in [0.717, 1.165) is 10.4 Å². The zero-order chi connectivity index (χ0) is 16.0. The number of allylic oxidation sites excluding steroid dienone is 1. The SMILES string of the molecule is Cc1cc2nc3n(c(=O)c2s1)CC(C(=O)Nc1nn[nH]n1)=CC3. The van der Waals surface area contributed by atoms with Crippen LogP contribution in [0, 0.1) is 6.92 Å². The van der Waals surface area contributed by atoms with Crippen LogP contribution in [0.3, 0.4) is 0 Å². The van der Waals surface area contributed by atoms with E-state index in [1.807, 2.05) is 13.0 Å². The van der Waals surface area contributed by atoms with Gasteiger partial charge in [-0.15, -0.1) is 16.4 Å². The molecular formula is C13H11N7O2S. The minimum atomic E-state index is -0.355. The van der Waals surface area contributed by atoms with Crippen molar-refractivity contribution in [2.75, 3.05) is 5.32 Å². The van der Waals surface area contributed by atoms with Crippen LogP contribution < -0.4 is 10.9 Å². The van der Waals surface area contributed by atoms with Gasteiger partial charge in [-0.1, -0.05) is 11.2 Å². The number of fused-ring (bicyclic) bond motifs is 2. The smallest absolute Gasteiger partial charge is 0.271 e. The van der Waals surface area contributed by atoms with Gasteiger partial charge >= 0.3 is 0 Å². The number of tetrazole rings is 1. The average molecular weight is 329 g/mol. The fourth-order valence-electron chi connectivity index (χ4n) is 2.51. The molecule has 0 unspecified atom stereocenters. The molecule has 23 heavy (non-hydrogen) atoms. The van der Waals surface area contributed by atoms with Gasteiger partial charge in [0, 0.05) is 16.9 Å². The largest absolute Gasteiger partial charge is 0.290 e. The molecule has 0 radical (unpaired) electrons. The third-order valence-corrected chi connectivity index (χ3v) is 4.59. The summed E-state index contributed by atoms with van der Waals surface area (Å²) in [6.07, 6.45) is 2.19. The van der Waals surface area contributed by atoms with Crippen LogP contribution in [0.25, 0.3) is 10.2 Å². The quantitative estimate of drug-likeness (QED) is 0.702. The van der Waals surface area contributed by atoms with Crippen LogP contribution in [0.2, 0.25) is 0 Å². The summed E-state index contributed by atoms with van der Waals surface area (Å²) in [4.78, 5) is 30.4. The third kappa shape index (κ3) is 2.32. The highest BCUT2D eigenvalue weighted by Crippen LogP contribution is 2.22. The van der Waals surface area contributed by atoms with E-state index in [0.29, 0.717) is 22.5 Å². The number of H-pyrrole nitrogens is 1. The lowest BCUT2D eigenvalue weighted by molar-refractivity contribution is -0.113. The van der Waals surface area contributed by atoms with Crippen molar-refractivity contribution in [3.8, 4) is 0 Å². The molecule has 3 aromatic rings. The van der Waals surface area contributed by atoms with Crippen LogP contribution in [0.5, 0.6) is 0 Å². The van der Waals surface area contributed by atoms with Crippen molar-refractivity contribution in [3.63, 3.8) is 0 Å². The molecule has 10 heteroatoms. The van der Waals surface area contributed by atoms with Gasteiger partial charge in [0.2, 0.25) is 0 Å². The van der Waals surface area contributed by atoms with Crippen LogP contribution in [0.15, 0.2) is 22.5 Å². The molecule has 0 spiro atoms. The van der Waals surface area contributed by atoms with Crippen molar-refractivity contribution in [1.29, 1.82) is 0 Å². The number of carbonyl (C=O) groups is 1. The molecule has 4 heterocycles. The van der Waals surface area contributed by atoms with Gasteiger partial charge < -0.3 is 0 Å². The van der Waals surface area contributed by atoms with Gasteiger partial charge in [0.15, 0.2) is 0 Å².